The van der Waals surface area contributed by atoms with Crippen molar-refractivity contribution in [3.63, 3.8) is 0 Å². The number of halogens is 1. The lowest BCUT2D eigenvalue weighted by Crippen LogP contribution is -2.33. The van der Waals surface area contributed by atoms with Crippen LogP contribution in [0.25, 0.3) is 0 Å². The monoisotopic (exact) mass is 311 g/mol. The molecule has 0 bridgehead atoms. The lowest BCUT2D eigenvalue weighted by molar-refractivity contribution is 0.0286. The van der Waals surface area contributed by atoms with Crippen LogP contribution in [0.15, 0.2) is 29.4 Å². The van der Waals surface area contributed by atoms with Crippen LogP contribution in [0.2, 0.25) is 0 Å². The second-order valence-corrected chi connectivity index (χ2v) is 4.97. The Labute approximate surface area is 129 Å². The molecule has 0 unspecified atom stereocenters. The first-order valence-corrected chi connectivity index (χ1v) is 6.48. The number of nitrogens with zero attached hydrogens (tertiary/aromatic N) is 1. The maximum absolute atomic E-state index is 11.8. The lowest BCUT2D eigenvalue weighted by Gasteiger charge is -2.14. The molecule has 0 atom stereocenters. The molecule has 7 nitrogen and oxygen atoms in total. The summed E-state index contributed by atoms with van der Waals surface area (Å²) in [5.74, 6) is -0.555. The Morgan fingerprint density at radius 2 is 1.91 bits per heavy atom. The standard InChI is InChI=1S/C10H11FN4O.C4H11NO/c11-14-6-7-1-3-8(4-2-7)9(16)5-10(12)15-13;1-4(2,5)6-3/h1-4,12-14H,5-6H2;5H2,1-3H3. The van der Waals surface area contributed by atoms with Crippen molar-refractivity contribution in [1.82, 2.24) is 5.54 Å². The molecule has 0 saturated heterocycles. The summed E-state index contributed by atoms with van der Waals surface area (Å²) in [4.78, 5) is 11.5. The zero-order valence-corrected chi connectivity index (χ0v) is 12.9. The van der Waals surface area contributed by atoms with Crippen molar-refractivity contribution in [3.05, 3.63) is 35.4 Å². The van der Waals surface area contributed by atoms with Gasteiger partial charge < -0.3 is 10.5 Å². The molecule has 0 heterocycles. The third-order valence-electron chi connectivity index (χ3n) is 2.54. The van der Waals surface area contributed by atoms with Gasteiger partial charge in [0, 0.05) is 12.7 Å². The number of methoxy groups -OCH3 is 1. The third kappa shape index (κ3) is 9.01. The van der Waals surface area contributed by atoms with E-state index in [1.807, 2.05) is 0 Å². The molecule has 0 spiro atoms. The van der Waals surface area contributed by atoms with E-state index >= 15 is 0 Å². The van der Waals surface area contributed by atoms with Gasteiger partial charge in [-0.1, -0.05) is 24.3 Å². The van der Waals surface area contributed by atoms with E-state index in [-0.39, 0.29) is 24.6 Å². The molecule has 0 radical (unpaired) electrons. The molecule has 8 heteroatoms. The van der Waals surface area contributed by atoms with Crippen molar-refractivity contribution in [3.8, 4) is 0 Å². The predicted octanol–water partition coefficient (Wildman–Crippen LogP) is 2.57. The number of nitrogens with two attached hydrogens (primary N) is 1. The van der Waals surface area contributed by atoms with Crippen molar-refractivity contribution in [2.24, 2.45) is 10.8 Å². The molecule has 0 aliphatic carbocycles. The van der Waals surface area contributed by atoms with Crippen molar-refractivity contribution in [2.75, 3.05) is 7.11 Å². The van der Waals surface area contributed by atoms with Crippen LogP contribution < -0.4 is 11.3 Å². The second-order valence-electron chi connectivity index (χ2n) is 4.97. The number of carbonyl (C=O) groups is 1. The van der Waals surface area contributed by atoms with Gasteiger partial charge in [0.2, 0.25) is 0 Å². The first-order valence-electron chi connectivity index (χ1n) is 6.48. The van der Waals surface area contributed by atoms with Crippen molar-refractivity contribution >= 4 is 11.6 Å². The minimum atomic E-state index is -0.458. The number of Topliss-reactive ketones (excluding diaryl/α,β-unsaturated/α-hetero) is 1. The summed E-state index contributed by atoms with van der Waals surface area (Å²) < 4.78 is 16.5. The smallest absolute Gasteiger partial charge is 0.170 e. The Morgan fingerprint density at radius 3 is 2.27 bits per heavy atom. The zero-order valence-electron chi connectivity index (χ0n) is 12.9. The van der Waals surface area contributed by atoms with E-state index < -0.39 is 5.72 Å². The van der Waals surface area contributed by atoms with E-state index in [1.54, 1.807) is 45.2 Å². The number of carbonyl (C=O) groups excluding carboxylic acids is 1. The molecule has 122 valence electrons. The molecule has 0 aromatic heterocycles. The Morgan fingerprint density at radius 1 is 1.41 bits per heavy atom. The first-order chi connectivity index (χ1) is 10.2. The summed E-state index contributed by atoms with van der Waals surface area (Å²) in [6, 6.07) is 6.38. The summed E-state index contributed by atoms with van der Waals surface area (Å²) in [6.07, 6.45) is -0.190. The fraction of sp³-hybridized carbons (Fsp3) is 0.429. The van der Waals surface area contributed by atoms with E-state index in [0.29, 0.717) is 5.56 Å². The molecule has 0 fully saturated rings. The predicted molar refractivity (Wildman–Crippen MR) is 81.5 cm³/mol. The van der Waals surface area contributed by atoms with Crippen LogP contribution in [0.3, 0.4) is 0 Å². The van der Waals surface area contributed by atoms with Gasteiger partial charge in [-0.3, -0.25) is 10.2 Å². The number of ketones is 1. The van der Waals surface area contributed by atoms with Gasteiger partial charge in [0.25, 0.3) is 0 Å². The maximum atomic E-state index is 11.8. The topological polar surface area (TPSA) is 124 Å². The normalized spacial score (nSPS) is 10.4. The van der Waals surface area contributed by atoms with Gasteiger partial charge in [-0.15, -0.1) is 9.60 Å². The van der Waals surface area contributed by atoms with E-state index in [2.05, 4.69) is 5.11 Å². The molecular weight excluding hydrogens is 289 g/mol. The molecule has 1 aromatic rings. The van der Waals surface area contributed by atoms with Gasteiger partial charge in [-0.25, -0.2) is 5.53 Å². The first kappa shape index (κ1) is 20.0. The van der Waals surface area contributed by atoms with E-state index in [1.165, 1.54) is 5.54 Å². The Balaban J connectivity index is 0.000000626. The highest BCUT2D eigenvalue weighted by atomic mass is 19.2. The van der Waals surface area contributed by atoms with Crippen LogP contribution in [0.5, 0.6) is 0 Å². The maximum Gasteiger partial charge on any atom is 0.170 e. The highest BCUT2D eigenvalue weighted by molar-refractivity contribution is 6.08. The molecule has 22 heavy (non-hydrogen) atoms. The molecule has 0 aliphatic rings. The van der Waals surface area contributed by atoms with Gasteiger partial charge in [0.1, 0.15) is 5.72 Å². The van der Waals surface area contributed by atoms with Crippen molar-refractivity contribution < 1.29 is 14.0 Å². The molecule has 0 aliphatic heterocycles. The Bertz CT molecular complexity index is 497. The Hall–Kier alpha value is -2.03. The molecule has 1 rings (SSSR count). The third-order valence-corrected chi connectivity index (χ3v) is 2.54. The van der Waals surface area contributed by atoms with E-state index in [9.17, 15) is 9.28 Å². The zero-order chi connectivity index (χ0) is 17.2. The van der Waals surface area contributed by atoms with Crippen LogP contribution in [0.1, 0.15) is 36.2 Å². The largest absolute Gasteiger partial charge is 0.365 e. The fourth-order valence-corrected chi connectivity index (χ4v) is 1.18. The van der Waals surface area contributed by atoms with Crippen molar-refractivity contribution in [1.29, 1.82) is 10.9 Å². The summed E-state index contributed by atoms with van der Waals surface area (Å²) in [7, 11) is 1.58. The van der Waals surface area contributed by atoms with Crippen molar-refractivity contribution in [2.45, 2.75) is 32.5 Å². The molecule has 5 N–H and O–H groups in total. The van der Waals surface area contributed by atoms with Gasteiger partial charge in [-0.05, 0) is 19.4 Å². The van der Waals surface area contributed by atoms with Crippen LogP contribution in [-0.4, -0.2) is 24.5 Å². The number of ether oxygens (including phenoxy) is 1. The quantitative estimate of drug-likeness (QED) is 0.161. The highest BCUT2D eigenvalue weighted by Gasteiger charge is 2.08. The fourth-order valence-electron chi connectivity index (χ4n) is 1.18. The summed E-state index contributed by atoms with van der Waals surface area (Å²) in [5.41, 5.74) is 14.1. The number of hydrogen-bond acceptors (Lipinski definition) is 6. The number of nitrogens with one attached hydrogen (secondary N) is 3. The van der Waals surface area contributed by atoms with E-state index in [4.69, 9.17) is 21.4 Å². The average Bonchev–Trinajstić information content (AvgIpc) is 2.48. The molecule has 1 aromatic carbocycles. The van der Waals surface area contributed by atoms with Gasteiger partial charge in [0.05, 0.1) is 13.0 Å². The summed E-state index contributed by atoms with van der Waals surface area (Å²) in [6.45, 7) is 3.69. The molecule has 0 amide bonds. The second kappa shape index (κ2) is 9.82. The van der Waals surface area contributed by atoms with Gasteiger partial charge in [-0.2, -0.15) is 5.54 Å². The molecular formula is C14H22FN5O2. The van der Waals surface area contributed by atoms with Crippen LogP contribution in [-0.2, 0) is 11.3 Å². The average molecular weight is 311 g/mol. The summed E-state index contributed by atoms with van der Waals surface area (Å²) in [5, 5.41) is 9.94. The van der Waals surface area contributed by atoms with E-state index in [0.717, 1.165) is 5.56 Å². The number of rotatable bonds is 6. The number of amidine groups is 1. The van der Waals surface area contributed by atoms with Crippen LogP contribution in [0.4, 0.5) is 4.48 Å². The molecule has 0 saturated carbocycles. The number of benzene rings is 1. The SMILES string of the molecule is COC(C)(C)N.N=NC(=N)CC(=O)c1ccc(CNF)cc1. The highest BCUT2D eigenvalue weighted by Crippen LogP contribution is 2.07. The van der Waals surface area contributed by atoms with Crippen LogP contribution in [0, 0.1) is 10.9 Å². The van der Waals surface area contributed by atoms with Gasteiger partial charge in [0.15, 0.2) is 11.6 Å². The Kier molecular flexibility index (Phi) is 8.92. The van der Waals surface area contributed by atoms with Crippen LogP contribution >= 0.6 is 0 Å². The minimum Gasteiger partial charge on any atom is -0.365 e. The van der Waals surface area contributed by atoms with Gasteiger partial charge >= 0.3 is 0 Å². The minimum absolute atomic E-state index is 0.0896. The lowest BCUT2D eigenvalue weighted by atomic mass is 10.1. The number of hydrogen-bond donors (Lipinski definition) is 4. The summed E-state index contributed by atoms with van der Waals surface area (Å²) >= 11 is 0.